The minimum atomic E-state index is -0.912. The molecule has 0 fully saturated rings. The summed E-state index contributed by atoms with van der Waals surface area (Å²) in [5, 5.41) is 3.55. The van der Waals surface area contributed by atoms with Gasteiger partial charge in [0.15, 0.2) is 0 Å². The van der Waals surface area contributed by atoms with E-state index in [9.17, 15) is 14.4 Å². The van der Waals surface area contributed by atoms with Gasteiger partial charge in [0.2, 0.25) is 0 Å². The molecule has 1 unspecified atom stereocenters. The first-order valence-corrected chi connectivity index (χ1v) is 13.3. The predicted molar refractivity (Wildman–Crippen MR) is 160 cm³/mol. The number of nitrogens with one attached hydrogen (secondary N) is 3. The van der Waals surface area contributed by atoms with Crippen LogP contribution in [0, 0.1) is 11.8 Å². The Kier molecular flexibility index (Phi) is 8.71. The zero-order chi connectivity index (χ0) is 30.3. The molecule has 214 valence electrons. The van der Waals surface area contributed by atoms with Crippen molar-refractivity contribution in [2.24, 2.45) is 5.84 Å². The molecular formula is C31H24ClN7O4. The highest BCUT2D eigenvalue weighted by atomic mass is 35.5. The number of amides is 2. The fourth-order valence-electron chi connectivity index (χ4n) is 4.30. The number of nitrogen functional groups attached to an aromatic ring is 1. The second-order valence-electron chi connectivity index (χ2n) is 9.27. The van der Waals surface area contributed by atoms with Gasteiger partial charge >= 0.3 is 5.97 Å². The molecule has 5 rings (SSSR count). The van der Waals surface area contributed by atoms with E-state index in [0.717, 1.165) is 5.56 Å². The molecule has 0 aliphatic carbocycles. The number of methoxy groups -OCH3 is 1. The second-order valence-corrected chi connectivity index (χ2v) is 9.68. The van der Waals surface area contributed by atoms with Crippen LogP contribution in [-0.2, 0) is 16.0 Å². The van der Waals surface area contributed by atoms with Crippen molar-refractivity contribution in [1.82, 2.24) is 30.7 Å². The van der Waals surface area contributed by atoms with E-state index >= 15 is 0 Å². The lowest BCUT2D eigenvalue weighted by Crippen LogP contribution is -2.43. The molecule has 0 saturated carbocycles. The zero-order valence-electron chi connectivity index (χ0n) is 22.7. The molecule has 1 atom stereocenters. The molecule has 0 bridgehead atoms. The van der Waals surface area contributed by atoms with Gasteiger partial charge in [-0.2, -0.15) is 0 Å². The van der Waals surface area contributed by atoms with E-state index in [1.165, 1.54) is 19.5 Å². The number of aromatic amines is 1. The molecule has 2 amide bonds. The molecule has 0 aliphatic rings. The minimum absolute atomic E-state index is 0.188. The van der Waals surface area contributed by atoms with Gasteiger partial charge in [0.25, 0.3) is 11.8 Å². The molecule has 0 radical (unpaired) electrons. The summed E-state index contributed by atoms with van der Waals surface area (Å²) < 4.78 is 4.82. The van der Waals surface area contributed by atoms with E-state index in [4.69, 9.17) is 22.2 Å². The van der Waals surface area contributed by atoms with Crippen LogP contribution in [0.25, 0.3) is 22.2 Å². The first kappa shape index (κ1) is 28.9. The topological polar surface area (TPSA) is 165 Å². The first-order valence-electron chi connectivity index (χ1n) is 12.9. The van der Waals surface area contributed by atoms with Gasteiger partial charge < -0.3 is 15.0 Å². The number of hydrazine groups is 1. The number of fused-ring (bicyclic) bond motifs is 1. The minimum Gasteiger partial charge on any atom is -0.467 e. The van der Waals surface area contributed by atoms with E-state index in [1.54, 1.807) is 42.9 Å². The van der Waals surface area contributed by atoms with Crippen LogP contribution in [0.3, 0.4) is 0 Å². The van der Waals surface area contributed by atoms with Crippen LogP contribution in [0.15, 0.2) is 79.5 Å². The van der Waals surface area contributed by atoms with Gasteiger partial charge in [-0.15, -0.1) is 0 Å². The van der Waals surface area contributed by atoms with Gasteiger partial charge in [0.05, 0.1) is 35.2 Å². The fraction of sp³-hybridized carbons (Fsp3) is 0.0968. The van der Waals surface area contributed by atoms with Gasteiger partial charge in [-0.1, -0.05) is 35.6 Å². The van der Waals surface area contributed by atoms with Crippen LogP contribution in [-0.4, -0.2) is 50.9 Å². The monoisotopic (exact) mass is 593 g/mol. The Morgan fingerprint density at radius 3 is 2.53 bits per heavy atom. The van der Waals surface area contributed by atoms with Crippen LogP contribution in [0.2, 0.25) is 5.02 Å². The highest BCUT2D eigenvalue weighted by Crippen LogP contribution is 2.25. The van der Waals surface area contributed by atoms with Crippen LogP contribution >= 0.6 is 11.6 Å². The third-order valence-electron chi connectivity index (χ3n) is 6.51. The number of hydrogen-bond acceptors (Lipinski definition) is 8. The molecule has 0 spiro atoms. The van der Waals surface area contributed by atoms with Crippen molar-refractivity contribution in [2.45, 2.75) is 12.5 Å². The molecule has 3 heterocycles. The lowest BCUT2D eigenvalue weighted by molar-refractivity contribution is -0.142. The van der Waals surface area contributed by atoms with E-state index in [0.29, 0.717) is 39.0 Å². The Labute approximate surface area is 250 Å². The molecule has 0 aliphatic heterocycles. The number of imidazole rings is 1. The Balaban J connectivity index is 1.31. The van der Waals surface area contributed by atoms with Crippen LogP contribution < -0.4 is 16.6 Å². The lowest BCUT2D eigenvalue weighted by Gasteiger charge is -2.16. The number of halogens is 1. The Bertz CT molecular complexity index is 1880. The van der Waals surface area contributed by atoms with E-state index in [2.05, 4.69) is 42.5 Å². The lowest BCUT2D eigenvalue weighted by atomic mass is 10.0. The molecular weight excluding hydrogens is 570 g/mol. The number of nitrogens with zero attached hydrogens (tertiary/aromatic N) is 3. The maximum atomic E-state index is 12.9. The third-order valence-corrected chi connectivity index (χ3v) is 6.82. The standard InChI is InChI=1S/C31H24ClN7O4/c1-43-31(42)28(13-22-15-35-17-36-22)38-29(40)21-9-8-19(25(32)12-21)5-2-18-3-6-20(7-4-18)27-14-23(30(41)39-33)24-16-34-11-10-26(24)37-27/h3-4,6-12,14-17,28H,13,33H2,1H3,(H,35,36)(H,38,40)(H,39,41). The smallest absolute Gasteiger partial charge is 0.328 e. The zero-order valence-corrected chi connectivity index (χ0v) is 23.5. The second kappa shape index (κ2) is 12.9. The maximum absolute atomic E-state index is 12.9. The molecule has 11 nitrogen and oxygen atoms in total. The fourth-order valence-corrected chi connectivity index (χ4v) is 4.52. The highest BCUT2D eigenvalue weighted by molar-refractivity contribution is 6.32. The van der Waals surface area contributed by atoms with Crippen LogP contribution in [0.5, 0.6) is 0 Å². The quantitative estimate of drug-likeness (QED) is 0.0734. The Morgan fingerprint density at radius 2 is 1.84 bits per heavy atom. The van der Waals surface area contributed by atoms with Crippen molar-refractivity contribution in [3.05, 3.63) is 112 Å². The number of hydrogen-bond donors (Lipinski definition) is 4. The average Bonchev–Trinajstić information content (AvgIpc) is 3.56. The number of pyridine rings is 2. The van der Waals surface area contributed by atoms with Crippen molar-refractivity contribution in [2.75, 3.05) is 7.11 Å². The van der Waals surface area contributed by atoms with Gasteiger partial charge in [0, 0.05) is 58.3 Å². The van der Waals surface area contributed by atoms with E-state index in [-0.39, 0.29) is 17.0 Å². The van der Waals surface area contributed by atoms with Crippen molar-refractivity contribution < 1.29 is 19.1 Å². The maximum Gasteiger partial charge on any atom is 0.328 e. The van der Waals surface area contributed by atoms with Gasteiger partial charge in [-0.25, -0.2) is 20.6 Å². The third kappa shape index (κ3) is 6.68. The summed E-state index contributed by atoms with van der Waals surface area (Å²) in [4.78, 5) is 53.0. The molecule has 43 heavy (non-hydrogen) atoms. The van der Waals surface area contributed by atoms with Gasteiger partial charge in [0.1, 0.15) is 6.04 Å². The number of ether oxygens (including phenoxy) is 1. The number of rotatable bonds is 7. The number of aromatic nitrogens is 4. The molecule has 3 aromatic heterocycles. The summed E-state index contributed by atoms with van der Waals surface area (Å²) >= 11 is 6.44. The molecule has 0 saturated heterocycles. The Hall–Kier alpha value is -5.57. The van der Waals surface area contributed by atoms with Crippen molar-refractivity contribution in [3.63, 3.8) is 0 Å². The SMILES string of the molecule is COC(=O)C(Cc1cnc[nH]1)NC(=O)c1ccc(C#Cc2ccc(-c3cc(C(=O)NN)c4cnccc4n3)cc2)c(Cl)c1. The normalized spacial score (nSPS) is 11.2. The van der Waals surface area contributed by atoms with Gasteiger partial charge in [-0.05, 0) is 42.5 Å². The van der Waals surface area contributed by atoms with Crippen molar-refractivity contribution >= 4 is 40.3 Å². The van der Waals surface area contributed by atoms with Crippen molar-refractivity contribution in [3.8, 4) is 23.1 Å². The number of benzene rings is 2. The number of carbonyl (C=O) groups excluding carboxylic acids is 3. The van der Waals surface area contributed by atoms with Gasteiger partial charge in [-0.3, -0.25) is 20.0 Å². The molecule has 2 aromatic carbocycles. The highest BCUT2D eigenvalue weighted by Gasteiger charge is 2.23. The summed E-state index contributed by atoms with van der Waals surface area (Å²) in [5.74, 6) is 9.94. The number of esters is 1. The summed E-state index contributed by atoms with van der Waals surface area (Å²) in [7, 11) is 1.25. The van der Waals surface area contributed by atoms with Crippen LogP contribution in [0.1, 0.15) is 37.5 Å². The number of H-pyrrole nitrogens is 1. The van der Waals surface area contributed by atoms with Crippen LogP contribution in [0.4, 0.5) is 0 Å². The van der Waals surface area contributed by atoms with E-state index < -0.39 is 23.8 Å². The molecule has 5 aromatic rings. The van der Waals surface area contributed by atoms with E-state index in [1.807, 2.05) is 24.3 Å². The summed E-state index contributed by atoms with van der Waals surface area (Å²) in [6.45, 7) is 0. The largest absolute Gasteiger partial charge is 0.467 e. The molecule has 5 N–H and O–H groups in total. The predicted octanol–water partition coefficient (Wildman–Crippen LogP) is 3.19. The Morgan fingerprint density at radius 1 is 1.02 bits per heavy atom. The number of nitrogens with two attached hydrogens (primary N) is 1. The number of carbonyl (C=O) groups is 3. The first-order chi connectivity index (χ1) is 20.9. The summed E-state index contributed by atoms with van der Waals surface area (Å²) in [5.41, 5.74) is 6.68. The van der Waals surface area contributed by atoms with Crippen molar-refractivity contribution in [1.29, 1.82) is 0 Å². The average molecular weight is 594 g/mol. The summed E-state index contributed by atoms with van der Waals surface area (Å²) in [6, 6.07) is 14.5. The molecule has 12 heteroatoms. The summed E-state index contributed by atoms with van der Waals surface area (Å²) in [6.07, 6.45) is 6.42.